The average Bonchev–Trinajstić information content (AvgIpc) is 3.17. The highest BCUT2D eigenvalue weighted by Crippen LogP contribution is 2.23. The van der Waals surface area contributed by atoms with Gasteiger partial charge in [-0.3, -0.25) is 9.20 Å². The number of sulfone groups is 1. The molecule has 1 unspecified atom stereocenters. The number of imidazole rings is 1. The van der Waals surface area contributed by atoms with Crippen molar-refractivity contribution in [2.75, 3.05) is 18.1 Å². The smallest absolute Gasteiger partial charge is 0.246 e. The van der Waals surface area contributed by atoms with Crippen molar-refractivity contribution in [2.45, 2.75) is 25.8 Å². The highest BCUT2D eigenvalue weighted by molar-refractivity contribution is 7.91. The van der Waals surface area contributed by atoms with Crippen LogP contribution in [0.4, 0.5) is 0 Å². The lowest BCUT2D eigenvalue weighted by atomic mass is 10.2. The molecule has 0 aliphatic carbocycles. The molecule has 0 bridgehead atoms. The van der Waals surface area contributed by atoms with Gasteiger partial charge in [0, 0.05) is 30.2 Å². The normalized spacial score (nSPS) is 20.2. The maximum atomic E-state index is 12.6. The molecule has 1 aliphatic rings. The van der Waals surface area contributed by atoms with Crippen LogP contribution in [0.25, 0.3) is 11.0 Å². The zero-order valence-corrected chi connectivity index (χ0v) is 15.6. The fraction of sp³-hybridized carbons (Fsp3) is 0.467. The minimum atomic E-state index is -3.03. The molecule has 3 rings (SSSR count). The third kappa shape index (κ3) is 3.50. The van der Waals surface area contributed by atoms with Crippen molar-refractivity contribution in [3.8, 4) is 0 Å². The number of thiazole rings is 1. The summed E-state index contributed by atoms with van der Waals surface area (Å²) in [5.41, 5.74) is 0.650. The van der Waals surface area contributed by atoms with Gasteiger partial charge in [-0.05, 0) is 18.9 Å². The third-order valence-corrected chi connectivity index (χ3v) is 6.82. The Bertz CT molecular complexity index is 885. The average molecular weight is 388 g/mol. The van der Waals surface area contributed by atoms with Crippen LogP contribution in [-0.2, 0) is 14.6 Å². The summed E-state index contributed by atoms with van der Waals surface area (Å²) in [6.07, 6.45) is 6.22. The van der Waals surface area contributed by atoms with Crippen LogP contribution < -0.4 is 0 Å². The largest absolute Gasteiger partial charge is 0.335 e. The van der Waals surface area contributed by atoms with Gasteiger partial charge < -0.3 is 4.90 Å². The lowest BCUT2D eigenvalue weighted by molar-refractivity contribution is -0.127. The number of halogens is 1. The second-order valence-electron chi connectivity index (χ2n) is 5.77. The van der Waals surface area contributed by atoms with Crippen molar-refractivity contribution in [2.24, 2.45) is 0 Å². The molecule has 1 atom stereocenters. The summed E-state index contributed by atoms with van der Waals surface area (Å²) in [6.45, 7) is 2.51. The number of carbonyl (C=O) groups excluding carboxylic acids is 1. The Hall–Kier alpha value is -1.38. The summed E-state index contributed by atoms with van der Waals surface area (Å²) in [5, 5.41) is 2.24. The predicted molar refractivity (Wildman–Crippen MR) is 96.2 cm³/mol. The van der Waals surface area contributed by atoms with Crippen LogP contribution in [0.2, 0.25) is 5.15 Å². The molecule has 2 aromatic heterocycles. The summed E-state index contributed by atoms with van der Waals surface area (Å²) in [5.74, 6) is 0.00777. The highest BCUT2D eigenvalue weighted by Gasteiger charge is 2.33. The fourth-order valence-corrected chi connectivity index (χ4v) is 5.64. The second-order valence-corrected chi connectivity index (χ2v) is 9.23. The van der Waals surface area contributed by atoms with Gasteiger partial charge in [-0.15, -0.1) is 11.3 Å². The molecule has 1 aliphatic heterocycles. The van der Waals surface area contributed by atoms with Gasteiger partial charge in [-0.25, -0.2) is 13.4 Å². The van der Waals surface area contributed by atoms with E-state index in [1.54, 1.807) is 11.0 Å². The maximum Gasteiger partial charge on any atom is 0.246 e. The Kier molecular flexibility index (Phi) is 4.98. The van der Waals surface area contributed by atoms with Gasteiger partial charge in [0.2, 0.25) is 5.91 Å². The second kappa shape index (κ2) is 6.85. The molecule has 1 fully saturated rings. The number of hydrogen-bond acceptors (Lipinski definition) is 5. The molecule has 2 aromatic rings. The number of hydrogen-bond donors (Lipinski definition) is 0. The topological polar surface area (TPSA) is 71.8 Å². The van der Waals surface area contributed by atoms with Gasteiger partial charge in [0.15, 0.2) is 20.0 Å². The molecule has 0 radical (unpaired) electrons. The van der Waals surface area contributed by atoms with Gasteiger partial charge in [0.05, 0.1) is 17.2 Å². The van der Waals surface area contributed by atoms with Crippen LogP contribution in [0.3, 0.4) is 0 Å². The van der Waals surface area contributed by atoms with E-state index in [1.165, 1.54) is 17.4 Å². The van der Waals surface area contributed by atoms with Gasteiger partial charge in [-0.1, -0.05) is 18.5 Å². The summed E-state index contributed by atoms with van der Waals surface area (Å²) < 4.78 is 25.2. The number of fused-ring (bicyclic) bond motifs is 1. The van der Waals surface area contributed by atoms with E-state index in [2.05, 4.69) is 4.98 Å². The minimum Gasteiger partial charge on any atom is -0.335 e. The van der Waals surface area contributed by atoms with Crippen molar-refractivity contribution in [3.05, 3.63) is 28.5 Å². The molecule has 6 nitrogen and oxygen atoms in total. The first-order valence-electron chi connectivity index (χ1n) is 7.71. The van der Waals surface area contributed by atoms with Crippen LogP contribution >= 0.6 is 22.9 Å². The number of rotatable bonds is 5. The molecule has 1 amide bonds. The Balaban J connectivity index is 1.80. The van der Waals surface area contributed by atoms with E-state index in [0.29, 0.717) is 23.8 Å². The number of aromatic nitrogens is 2. The van der Waals surface area contributed by atoms with Crippen molar-refractivity contribution < 1.29 is 13.2 Å². The summed E-state index contributed by atoms with van der Waals surface area (Å²) in [7, 11) is -3.03. The first kappa shape index (κ1) is 17.4. The van der Waals surface area contributed by atoms with E-state index in [0.717, 1.165) is 11.4 Å². The monoisotopic (exact) mass is 387 g/mol. The molecule has 3 heterocycles. The molecule has 0 aromatic carbocycles. The highest BCUT2D eigenvalue weighted by atomic mass is 35.5. The van der Waals surface area contributed by atoms with E-state index in [9.17, 15) is 13.2 Å². The predicted octanol–water partition coefficient (Wildman–Crippen LogP) is 2.49. The third-order valence-electron chi connectivity index (χ3n) is 4.03. The van der Waals surface area contributed by atoms with Crippen LogP contribution in [0.5, 0.6) is 0 Å². The minimum absolute atomic E-state index is 0.0504. The zero-order chi connectivity index (χ0) is 17.3. The van der Waals surface area contributed by atoms with Crippen LogP contribution in [0.15, 0.2) is 17.7 Å². The summed E-state index contributed by atoms with van der Waals surface area (Å²) in [6, 6.07) is -0.242. The lowest BCUT2D eigenvalue weighted by Gasteiger charge is -2.26. The first-order valence-corrected chi connectivity index (χ1v) is 10.8. The Morgan fingerprint density at radius 3 is 3.04 bits per heavy atom. The Labute approximate surface area is 149 Å². The number of carbonyl (C=O) groups is 1. The molecule has 0 spiro atoms. The quantitative estimate of drug-likeness (QED) is 0.739. The maximum absolute atomic E-state index is 12.6. The van der Waals surface area contributed by atoms with Gasteiger partial charge in [0.1, 0.15) is 0 Å². The van der Waals surface area contributed by atoms with Crippen molar-refractivity contribution in [3.63, 3.8) is 0 Å². The van der Waals surface area contributed by atoms with E-state index >= 15 is 0 Å². The van der Waals surface area contributed by atoms with Crippen molar-refractivity contribution >= 4 is 49.7 Å². The molecule has 9 heteroatoms. The van der Waals surface area contributed by atoms with Gasteiger partial charge in [-0.2, -0.15) is 0 Å². The molecule has 130 valence electrons. The van der Waals surface area contributed by atoms with Crippen LogP contribution in [0.1, 0.15) is 25.5 Å². The summed E-state index contributed by atoms with van der Waals surface area (Å²) in [4.78, 5) is 19.2. The van der Waals surface area contributed by atoms with E-state index < -0.39 is 9.84 Å². The van der Waals surface area contributed by atoms with E-state index in [1.807, 2.05) is 22.9 Å². The Morgan fingerprint density at radius 2 is 2.38 bits per heavy atom. The SMILES string of the molecule is CCCN(C(=O)/C=C/c1c(Cl)nc2sccn12)C1CCS(=O)(=O)C1. The van der Waals surface area contributed by atoms with Crippen LogP contribution in [0, 0.1) is 0 Å². The molecular formula is C15H18ClN3O3S2. The number of amides is 1. The standard InChI is InChI=1S/C15H18ClN3O3S2/c1-2-6-18(11-5-9-24(21,22)10-11)13(20)4-3-12-14(16)17-15-19(12)7-8-23-15/h3-4,7-8,11H,2,5-6,9-10H2,1H3/b4-3+. The molecule has 1 saturated heterocycles. The molecule has 0 N–H and O–H groups in total. The fourth-order valence-electron chi connectivity index (χ4n) is 2.91. The van der Waals surface area contributed by atoms with Crippen molar-refractivity contribution in [1.82, 2.24) is 14.3 Å². The first-order chi connectivity index (χ1) is 11.4. The summed E-state index contributed by atoms with van der Waals surface area (Å²) >= 11 is 7.58. The molecule has 0 saturated carbocycles. The van der Waals surface area contributed by atoms with E-state index in [-0.39, 0.29) is 23.5 Å². The van der Waals surface area contributed by atoms with Gasteiger partial charge in [0.25, 0.3) is 0 Å². The zero-order valence-electron chi connectivity index (χ0n) is 13.2. The van der Waals surface area contributed by atoms with E-state index in [4.69, 9.17) is 11.6 Å². The molecule has 24 heavy (non-hydrogen) atoms. The van der Waals surface area contributed by atoms with Crippen LogP contribution in [-0.4, -0.2) is 52.7 Å². The lowest BCUT2D eigenvalue weighted by Crippen LogP contribution is -2.40. The molecular weight excluding hydrogens is 370 g/mol. The number of nitrogens with zero attached hydrogens (tertiary/aromatic N) is 3. The Morgan fingerprint density at radius 1 is 1.58 bits per heavy atom. The van der Waals surface area contributed by atoms with Gasteiger partial charge >= 0.3 is 0 Å². The van der Waals surface area contributed by atoms with Crippen molar-refractivity contribution in [1.29, 1.82) is 0 Å².